The average molecular weight is 375 g/mol. The fourth-order valence-corrected chi connectivity index (χ4v) is 3.71. The van der Waals surface area contributed by atoms with Crippen molar-refractivity contribution in [3.8, 4) is 0 Å². The number of ether oxygens (including phenoxy) is 1. The number of hydrogen-bond acceptors (Lipinski definition) is 4. The molecule has 108 valence electrons. The molecule has 2 heterocycles. The minimum absolute atomic E-state index is 0.160. The lowest BCUT2D eigenvalue weighted by Gasteiger charge is -2.29. The zero-order valence-electron chi connectivity index (χ0n) is 11.3. The Morgan fingerprint density at radius 1 is 1.55 bits per heavy atom. The smallest absolute Gasteiger partial charge is 0.338 e. The number of allylic oxidation sites excluding steroid dienone is 1. The molecule has 1 aliphatic rings. The number of nitrogens with one attached hydrogen (secondary N) is 2. The predicted molar refractivity (Wildman–Crippen MR) is 87.6 cm³/mol. The van der Waals surface area contributed by atoms with Crippen LogP contribution in [0, 0.1) is 0 Å². The van der Waals surface area contributed by atoms with Gasteiger partial charge in [-0.05, 0) is 55.0 Å². The van der Waals surface area contributed by atoms with Gasteiger partial charge < -0.3 is 15.4 Å². The predicted octanol–water partition coefficient (Wildman–Crippen LogP) is 3.26. The second kappa shape index (κ2) is 6.24. The van der Waals surface area contributed by atoms with Crippen LogP contribution in [0.5, 0.6) is 0 Å². The van der Waals surface area contributed by atoms with Crippen LogP contribution >= 0.6 is 39.5 Å². The van der Waals surface area contributed by atoms with Crippen LogP contribution in [0.3, 0.4) is 0 Å². The molecular weight excluding hydrogens is 360 g/mol. The molecule has 0 saturated carbocycles. The SMILES string of the molecule is CC1=C(C(=O)OC(C)C)[C@H](c2cc(Br)cs2)NC(=S)N1. The highest BCUT2D eigenvalue weighted by Gasteiger charge is 2.32. The summed E-state index contributed by atoms with van der Waals surface area (Å²) < 4.78 is 6.31. The molecule has 0 aliphatic carbocycles. The van der Waals surface area contributed by atoms with Crippen molar-refractivity contribution in [3.05, 3.63) is 32.1 Å². The lowest BCUT2D eigenvalue weighted by molar-refractivity contribution is -0.143. The van der Waals surface area contributed by atoms with Gasteiger partial charge in [-0.15, -0.1) is 11.3 Å². The maximum atomic E-state index is 12.3. The van der Waals surface area contributed by atoms with Crippen molar-refractivity contribution in [2.24, 2.45) is 0 Å². The second-order valence-electron chi connectivity index (χ2n) is 4.69. The van der Waals surface area contributed by atoms with Crippen LogP contribution in [-0.4, -0.2) is 17.2 Å². The Kier molecular flexibility index (Phi) is 4.82. The van der Waals surface area contributed by atoms with Gasteiger partial charge in [0.05, 0.1) is 17.7 Å². The lowest BCUT2D eigenvalue weighted by atomic mass is 10.0. The van der Waals surface area contributed by atoms with E-state index in [1.165, 1.54) is 0 Å². The first kappa shape index (κ1) is 15.5. The van der Waals surface area contributed by atoms with E-state index in [9.17, 15) is 4.79 Å². The lowest BCUT2D eigenvalue weighted by Crippen LogP contribution is -2.45. The number of thiocarbonyl (C=S) groups is 1. The highest BCUT2D eigenvalue weighted by molar-refractivity contribution is 9.10. The fourth-order valence-electron chi connectivity index (χ4n) is 1.94. The molecule has 20 heavy (non-hydrogen) atoms. The van der Waals surface area contributed by atoms with Crippen LogP contribution in [-0.2, 0) is 9.53 Å². The number of halogens is 1. The summed E-state index contributed by atoms with van der Waals surface area (Å²) in [7, 11) is 0. The monoisotopic (exact) mass is 374 g/mol. The summed E-state index contributed by atoms with van der Waals surface area (Å²) in [5.41, 5.74) is 1.30. The van der Waals surface area contributed by atoms with E-state index < -0.39 is 0 Å². The topological polar surface area (TPSA) is 50.4 Å². The molecule has 1 aliphatic heterocycles. The van der Waals surface area contributed by atoms with E-state index in [1.54, 1.807) is 11.3 Å². The zero-order valence-corrected chi connectivity index (χ0v) is 14.5. The number of esters is 1. The first-order chi connectivity index (χ1) is 9.38. The summed E-state index contributed by atoms with van der Waals surface area (Å²) in [5.74, 6) is -0.325. The Morgan fingerprint density at radius 2 is 2.25 bits per heavy atom. The Balaban J connectivity index is 2.39. The van der Waals surface area contributed by atoms with E-state index in [-0.39, 0.29) is 18.1 Å². The molecule has 0 bridgehead atoms. The van der Waals surface area contributed by atoms with Crippen molar-refractivity contribution >= 4 is 50.6 Å². The molecule has 0 spiro atoms. The van der Waals surface area contributed by atoms with Gasteiger partial charge in [0.15, 0.2) is 5.11 Å². The molecule has 0 aromatic carbocycles. The molecule has 1 atom stereocenters. The molecule has 0 fully saturated rings. The first-order valence-electron chi connectivity index (χ1n) is 6.11. The Bertz CT molecular complexity index is 581. The van der Waals surface area contributed by atoms with Crippen LogP contribution < -0.4 is 10.6 Å². The molecule has 2 N–H and O–H groups in total. The standard InChI is InChI=1S/C13H15BrN2O2S2/c1-6(2)18-12(17)10-7(3)15-13(19)16-11(10)9-4-8(14)5-20-9/h4-6,11H,1-3H3,(H2,15,16,19)/t11-/m0/s1. The highest BCUT2D eigenvalue weighted by Crippen LogP contribution is 2.33. The van der Waals surface area contributed by atoms with Gasteiger partial charge in [-0.2, -0.15) is 0 Å². The average Bonchev–Trinajstić information content (AvgIpc) is 2.73. The van der Waals surface area contributed by atoms with Crippen LogP contribution in [0.2, 0.25) is 0 Å². The summed E-state index contributed by atoms with van der Waals surface area (Å²) in [6.45, 7) is 5.50. The molecule has 0 radical (unpaired) electrons. The summed E-state index contributed by atoms with van der Waals surface area (Å²) in [4.78, 5) is 13.3. The van der Waals surface area contributed by atoms with E-state index in [0.717, 1.165) is 15.0 Å². The van der Waals surface area contributed by atoms with Crippen molar-refractivity contribution < 1.29 is 9.53 Å². The largest absolute Gasteiger partial charge is 0.459 e. The summed E-state index contributed by atoms with van der Waals surface area (Å²) in [6, 6.07) is 1.71. The first-order valence-corrected chi connectivity index (χ1v) is 8.19. The Hall–Kier alpha value is -0.920. The van der Waals surface area contributed by atoms with Crippen LogP contribution in [0.25, 0.3) is 0 Å². The van der Waals surface area contributed by atoms with Crippen molar-refractivity contribution in [3.63, 3.8) is 0 Å². The van der Waals surface area contributed by atoms with Gasteiger partial charge in [0.25, 0.3) is 0 Å². The molecular formula is C13H15BrN2O2S2. The summed E-state index contributed by atoms with van der Waals surface area (Å²) >= 11 is 10.2. The van der Waals surface area contributed by atoms with Crippen molar-refractivity contribution in [2.75, 3.05) is 0 Å². The minimum Gasteiger partial charge on any atom is -0.459 e. The van der Waals surface area contributed by atoms with Crippen LogP contribution in [0.1, 0.15) is 31.7 Å². The van der Waals surface area contributed by atoms with E-state index in [1.807, 2.05) is 32.2 Å². The zero-order chi connectivity index (χ0) is 14.9. The molecule has 0 unspecified atom stereocenters. The van der Waals surface area contributed by atoms with E-state index >= 15 is 0 Å². The molecule has 1 aromatic rings. The third-order valence-electron chi connectivity index (χ3n) is 2.70. The number of hydrogen-bond donors (Lipinski definition) is 2. The van der Waals surface area contributed by atoms with Gasteiger partial charge in [0.2, 0.25) is 0 Å². The van der Waals surface area contributed by atoms with Crippen molar-refractivity contribution in [1.29, 1.82) is 0 Å². The third-order valence-corrected chi connectivity index (χ3v) is 4.68. The van der Waals surface area contributed by atoms with Gasteiger partial charge in [-0.3, -0.25) is 0 Å². The molecule has 7 heteroatoms. The maximum Gasteiger partial charge on any atom is 0.338 e. The number of thiophene rings is 1. The number of carbonyl (C=O) groups is 1. The highest BCUT2D eigenvalue weighted by atomic mass is 79.9. The summed E-state index contributed by atoms with van der Waals surface area (Å²) in [6.07, 6.45) is -0.160. The minimum atomic E-state index is -0.325. The second-order valence-corrected chi connectivity index (χ2v) is 6.96. The number of carbonyl (C=O) groups excluding carboxylic acids is 1. The van der Waals surface area contributed by atoms with Crippen molar-refractivity contribution in [1.82, 2.24) is 10.6 Å². The fraction of sp³-hybridized carbons (Fsp3) is 0.385. The third kappa shape index (κ3) is 3.39. The molecule has 1 aromatic heterocycles. The van der Waals surface area contributed by atoms with Gasteiger partial charge in [0, 0.05) is 20.4 Å². The molecule has 4 nitrogen and oxygen atoms in total. The Morgan fingerprint density at radius 3 is 2.80 bits per heavy atom. The van der Waals surface area contributed by atoms with E-state index in [4.69, 9.17) is 17.0 Å². The number of rotatable bonds is 3. The molecule has 0 saturated heterocycles. The van der Waals surface area contributed by atoms with Gasteiger partial charge in [-0.1, -0.05) is 0 Å². The van der Waals surface area contributed by atoms with Gasteiger partial charge in [0.1, 0.15) is 0 Å². The van der Waals surface area contributed by atoms with Crippen molar-refractivity contribution in [2.45, 2.75) is 32.9 Å². The Labute approximate surface area is 135 Å². The van der Waals surface area contributed by atoms with Crippen LogP contribution in [0.15, 0.2) is 27.2 Å². The molecule has 2 rings (SSSR count). The summed E-state index contributed by atoms with van der Waals surface area (Å²) in [5, 5.41) is 8.60. The molecule has 0 amide bonds. The maximum absolute atomic E-state index is 12.3. The van der Waals surface area contributed by atoms with Gasteiger partial charge in [-0.25, -0.2) is 4.79 Å². The van der Waals surface area contributed by atoms with E-state index in [2.05, 4.69) is 26.6 Å². The van der Waals surface area contributed by atoms with Gasteiger partial charge >= 0.3 is 5.97 Å². The van der Waals surface area contributed by atoms with E-state index in [0.29, 0.717) is 10.7 Å². The van der Waals surface area contributed by atoms with Crippen LogP contribution in [0.4, 0.5) is 0 Å². The normalized spacial score (nSPS) is 18.9. The quantitative estimate of drug-likeness (QED) is 0.628.